The normalized spacial score (nSPS) is 13.8. The van der Waals surface area contributed by atoms with E-state index in [2.05, 4.69) is 35.3 Å². The van der Waals surface area contributed by atoms with Crippen molar-refractivity contribution in [1.29, 1.82) is 0 Å². The van der Waals surface area contributed by atoms with Gasteiger partial charge in [-0.25, -0.2) is 23.9 Å². The number of amides is 1. The van der Waals surface area contributed by atoms with Crippen molar-refractivity contribution in [3.63, 3.8) is 0 Å². The first-order valence-corrected chi connectivity index (χ1v) is 12.3. The standard InChI is InChI=1S/C25H22F4N10O/c26-15-9-13(19-14(23(40)31-11-25(27,28)29)10-39-20(19)21(30)32-12-33-39)3-4-16(15)34-24-35-17-5-6-18(36-22(17)37-24)38-7-1-2-8-38/h3-6,9-10,12H,1-2,7-8,11H2,(H,31,40)(H2,30,32,33)(H2,34,35,36,37). The van der Waals surface area contributed by atoms with Gasteiger partial charge in [0.25, 0.3) is 5.91 Å². The van der Waals surface area contributed by atoms with Crippen LogP contribution in [0.15, 0.2) is 42.9 Å². The zero-order valence-corrected chi connectivity index (χ0v) is 20.8. The van der Waals surface area contributed by atoms with Crippen LogP contribution in [-0.2, 0) is 0 Å². The van der Waals surface area contributed by atoms with Gasteiger partial charge in [0, 0.05) is 24.8 Å². The number of rotatable bonds is 6. The Morgan fingerprint density at radius 1 is 1.12 bits per heavy atom. The molecule has 5 aromatic rings. The molecule has 1 aliphatic rings. The average Bonchev–Trinajstić information content (AvgIpc) is 3.66. The predicted octanol–water partition coefficient (Wildman–Crippen LogP) is 4.02. The molecular formula is C25H22F4N10O. The van der Waals surface area contributed by atoms with Gasteiger partial charge in [-0.15, -0.1) is 0 Å². The number of hydrogen-bond acceptors (Lipinski definition) is 8. The Labute approximate surface area is 223 Å². The second-order valence-corrected chi connectivity index (χ2v) is 9.29. The quantitative estimate of drug-likeness (QED) is 0.231. The van der Waals surface area contributed by atoms with E-state index >= 15 is 4.39 Å². The Hall–Kier alpha value is -4.95. The number of carbonyl (C=O) groups excluding carboxylic acids is 1. The molecule has 1 amide bonds. The summed E-state index contributed by atoms with van der Waals surface area (Å²) in [6.07, 6.45) is -0.0362. The highest BCUT2D eigenvalue weighted by atomic mass is 19.4. The number of benzene rings is 1. The fourth-order valence-electron chi connectivity index (χ4n) is 4.74. The predicted molar refractivity (Wildman–Crippen MR) is 140 cm³/mol. The number of imidazole rings is 1. The molecule has 11 nitrogen and oxygen atoms in total. The average molecular weight is 555 g/mol. The molecular weight excluding hydrogens is 532 g/mol. The number of anilines is 4. The van der Waals surface area contributed by atoms with Crippen LogP contribution in [-0.4, -0.2) is 61.3 Å². The van der Waals surface area contributed by atoms with Crippen LogP contribution in [0.25, 0.3) is 27.8 Å². The Morgan fingerprint density at radius 2 is 1.93 bits per heavy atom. The van der Waals surface area contributed by atoms with Crippen LogP contribution < -0.4 is 21.3 Å². The molecule has 1 aliphatic heterocycles. The van der Waals surface area contributed by atoms with E-state index in [0.29, 0.717) is 11.2 Å². The van der Waals surface area contributed by atoms with Crippen molar-refractivity contribution < 1.29 is 22.4 Å². The van der Waals surface area contributed by atoms with Gasteiger partial charge in [-0.2, -0.15) is 18.3 Å². The van der Waals surface area contributed by atoms with E-state index in [1.807, 2.05) is 17.4 Å². The molecule has 6 rings (SSSR count). The van der Waals surface area contributed by atoms with Crippen LogP contribution in [0.4, 0.5) is 40.8 Å². The monoisotopic (exact) mass is 554 g/mol. The minimum absolute atomic E-state index is 0.0365. The number of nitrogens with zero attached hydrogens (tertiary/aromatic N) is 6. The van der Waals surface area contributed by atoms with E-state index in [9.17, 15) is 18.0 Å². The summed E-state index contributed by atoms with van der Waals surface area (Å²) >= 11 is 0. The third-order valence-corrected chi connectivity index (χ3v) is 6.57. The van der Waals surface area contributed by atoms with Crippen LogP contribution in [0.3, 0.4) is 0 Å². The molecule has 0 spiro atoms. The zero-order chi connectivity index (χ0) is 28.0. The van der Waals surface area contributed by atoms with E-state index in [-0.39, 0.29) is 39.7 Å². The van der Waals surface area contributed by atoms with Gasteiger partial charge in [0.2, 0.25) is 5.95 Å². The Morgan fingerprint density at radius 3 is 2.67 bits per heavy atom. The van der Waals surface area contributed by atoms with E-state index < -0.39 is 24.4 Å². The fraction of sp³-hybridized carbons (Fsp3) is 0.240. The highest BCUT2D eigenvalue weighted by Crippen LogP contribution is 2.35. The largest absolute Gasteiger partial charge is 0.405 e. The van der Waals surface area contributed by atoms with E-state index in [1.165, 1.54) is 22.8 Å². The van der Waals surface area contributed by atoms with Gasteiger partial charge < -0.3 is 26.3 Å². The third kappa shape index (κ3) is 4.81. The van der Waals surface area contributed by atoms with Gasteiger partial charge in [0.05, 0.1) is 11.3 Å². The number of fused-ring (bicyclic) bond motifs is 2. The molecule has 0 atom stereocenters. The van der Waals surface area contributed by atoms with Crippen molar-refractivity contribution in [2.45, 2.75) is 19.0 Å². The van der Waals surface area contributed by atoms with Gasteiger partial charge in [0.1, 0.15) is 35.5 Å². The molecule has 40 heavy (non-hydrogen) atoms. The number of aromatic nitrogens is 6. The lowest BCUT2D eigenvalue weighted by Gasteiger charge is -2.15. The summed E-state index contributed by atoms with van der Waals surface area (Å²) in [5.41, 5.74) is 7.47. The number of alkyl halides is 3. The molecule has 0 bridgehead atoms. The fourth-order valence-corrected chi connectivity index (χ4v) is 4.74. The molecule has 1 saturated heterocycles. The van der Waals surface area contributed by atoms with Gasteiger partial charge in [-0.3, -0.25) is 4.79 Å². The van der Waals surface area contributed by atoms with Crippen LogP contribution >= 0.6 is 0 Å². The molecule has 206 valence electrons. The van der Waals surface area contributed by atoms with E-state index in [1.54, 1.807) is 0 Å². The number of nitrogen functional groups attached to an aromatic ring is 1. The smallest absolute Gasteiger partial charge is 0.382 e. The second kappa shape index (κ2) is 9.66. The number of nitrogens with two attached hydrogens (primary N) is 1. The summed E-state index contributed by atoms with van der Waals surface area (Å²) in [7, 11) is 0. The number of hydrogen-bond donors (Lipinski definition) is 4. The topological polar surface area (TPSA) is 142 Å². The minimum atomic E-state index is -4.62. The maximum Gasteiger partial charge on any atom is 0.405 e. The van der Waals surface area contributed by atoms with Gasteiger partial charge >= 0.3 is 6.18 Å². The first-order chi connectivity index (χ1) is 19.2. The van der Waals surface area contributed by atoms with Crippen LogP contribution in [0.5, 0.6) is 0 Å². The van der Waals surface area contributed by atoms with Gasteiger partial charge in [0.15, 0.2) is 11.5 Å². The lowest BCUT2D eigenvalue weighted by Crippen LogP contribution is -2.33. The van der Waals surface area contributed by atoms with Crippen molar-refractivity contribution in [3.8, 4) is 11.1 Å². The SMILES string of the molecule is Nc1ncnn2cc(C(=O)NCC(F)(F)F)c(-c3ccc(Nc4nc5ccc(N6CCCC6)nc5[nH]4)c(F)c3)c12. The third-order valence-electron chi connectivity index (χ3n) is 6.57. The highest BCUT2D eigenvalue weighted by molar-refractivity contribution is 6.07. The number of carbonyl (C=O) groups is 1. The summed E-state index contributed by atoms with van der Waals surface area (Å²) < 4.78 is 54.7. The maximum absolute atomic E-state index is 15.3. The van der Waals surface area contributed by atoms with Crippen molar-refractivity contribution in [2.75, 3.05) is 35.6 Å². The first-order valence-electron chi connectivity index (χ1n) is 12.3. The number of aromatic amines is 1. The molecule has 0 aliphatic carbocycles. The Kier molecular flexibility index (Phi) is 6.12. The molecule has 5 N–H and O–H groups in total. The number of H-pyrrole nitrogens is 1. The van der Waals surface area contributed by atoms with Gasteiger partial charge in [-0.05, 0) is 42.7 Å². The summed E-state index contributed by atoms with van der Waals surface area (Å²) in [6, 6.07) is 7.79. The minimum Gasteiger partial charge on any atom is -0.382 e. The van der Waals surface area contributed by atoms with Crippen molar-refractivity contribution in [3.05, 3.63) is 54.2 Å². The first kappa shape index (κ1) is 25.3. The molecule has 5 heterocycles. The van der Waals surface area contributed by atoms with Crippen LogP contribution in [0.1, 0.15) is 23.2 Å². The molecule has 0 saturated carbocycles. The summed E-state index contributed by atoms with van der Waals surface area (Å²) in [5.74, 6) is -0.658. The summed E-state index contributed by atoms with van der Waals surface area (Å²) in [5, 5.41) is 8.70. The molecule has 0 unspecified atom stereocenters. The second-order valence-electron chi connectivity index (χ2n) is 9.29. The Balaban J connectivity index is 1.32. The number of pyridine rings is 1. The highest BCUT2D eigenvalue weighted by Gasteiger charge is 2.30. The van der Waals surface area contributed by atoms with Crippen LogP contribution in [0, 0.1) is 5.82 Å². The summed E-state index contributed by atoms with van der Waals surface area (Å²) in [6.45, 7) is 0.341. The molecule has 15 heteroatoms. The zero-order valence-electron chi connectivity index (χ0n) is 20.8. The van der Waals surface area contributed by atoms with Gasteiger partial charge in [-0.1, -0.05) is 6.07 Å². The number of halogens is 4. The van der Waals surface area contributed by atoms with Crippen LogP contribution in [0.2, 0.25) is 0 Å². The molecule has 4 aromatic heterocycles. The van der Waals surface area contributed by atoms with Crippen molar-refractivity contribution >= 4 is 45.9 Å². The molecule has 0 radical (unpaired) electrons. The maximum atomic E-state index is 15.3. The lowest BCUT2D eigenvalue weighted by molar-refractivity contribution is -0.123. The van der Waals surface area contributed by atoms with E-state index in [4.69, 9.17) is 5.73 Å². The van der Waals surface area contributed by atoms with Crippen molar-refractivity contribution in [1.82, 2.24) is 34.9 Å². The molecule has 1 aromatic carbocycles. The molecule has 1 fully saturated rings. The lowest BCUT2D eigenvalue weighted by atomic mass is 10.0. The number of nitrogens with one attached hydrogen (secondary N) is 3. The van der Waals surface area contributed by atoms with E-state index in [0.717, 1.165) is 44.1 Å². The summed E-state index contributed by atoms with van der Waals surface area (Å²) in [4.78, 5) is 30.9. The van der Waals surface area contributed by atoms with Crippen molar-refractivity contribution in [2.24, 2.45) is 0 Å². The Bertz CT molecular complexity index is 1740.